The highest BCUT2D eigenvalue weighted by Crippen LogP contribution is 2.25. The molecule has 3 rings (SSSR count). The Morgan fingerprint density at radius 2 is 2.24 bits per heavy atom. The Balaban J connectivity index is 1.89. The maximum Gasteiger partial charge on any atom is 0.185 e. The first-order valence-electron chi connectivity index (χ1n) is 6.46. The predicted molar refractivity (Wildman–Crippen MR) is 74.4 cm³/mol. The van der Waals surface area contributed by atoms with Crippen molar-refractivity contribution in [2.24, 2.45) is 5.92 Å². The molecule has 1 unspecified atom stereocenters. The number of rotatable bonds is 3. The molecular weight excluding hydrogens is 297 g/mol. The van der Waals surface area contributed by atoms with Crippen molar-refractivity contribution < 1.29 is 12.8 Å². The third-order valence-electron chi connectivity index (χ3n) is 3.52. The van der Waals surface area contributed by atoms with Crippen LogP contribution in [0.4, 0.5) is 10.1 Å². The highest BCUT2D eigenvalue weighted by atomic mass is 32.2. The summed E-state index contributed by atoms with van der Waals surface area (Å²) in [7, 11) is -2.97. The summed E-state index contributed by atoms with van der Waals surface area (Å²) in [6, 6.07) is 4.17. The van der Waals surface area contributed by atoms with Gasteiger partial charge in [0, 0.05) is 12.2 Å². The molecule has 1 aromatic heterocycles. The molecule has 0 spiro atoms. The Kier molecular flexibility index (Phi) is 3.36. The van der Waals surface area contributed by atoms with E-state index in [1.807, 2.05) is 0 Å². The van der Waals surface area contributed by atoms with Crippen molar-refractivity contribution in [2.75, 3.05) is 17.2 Å². The SMILES string of the molecule is Nc1ccc(F)c(-c2nnnn2CC2CCS(=O)(=O)C2)c1. The molecule has 2 N–H and O–H groups in total. The van der Waals surface area contributed by atoms with Crippen LogP contribution in [0.1, 0.15) is 6.42 Å². The van der Waals surface area contributed by atoms with Crippen LogP contribution in [0, 0.1) is 11.7 Å². The number of aromatic nitrogens is 4. The standard InChI is InChI=1S/C12H14FN5O2S/c13-11-2-1-9(14)5-10(11)12-15-16-17-18(12)6-8-3-4-21(19,20)7-8/h1-2,5,8H,3-4,6-7,14H2. The highest BCUT2D eigenvalue weighted by Gasteiger charge is 2.29. The molecule has 1 saturated heterocycles. The smallest absolute Gasteiger partial charge is 0.185 e. The van der Waals surface area contributed by atoms with Crippen LogP contribution in [-0.4, -0.2) is 40.1 Å². The Morgan fingerprint density at radius 1 is 1.43 bits per heavy atom. The van der Waals surface area contributed by atoms with Crippen molar-refractivity contribution >= 4 is 15.5 Å². The zero-order valence-electron chi connectivity index (χ0n) is 11.1. The molecule has 9 heteroatoms. The molecule has 1 fully saturated rings. The fourth-order valence-electron chi connectivity index (χ4n) is 2.50. The van der Waals surface area contributed by atoms with E-state index in [1.54, 1.807) is 0 Å². The summed E-state index contributed by atoms with van der Waals surface area (Å²) in [5.74, 6) is 0.0257. The summed E-state index contributed by atoms with van der Waals surface area (Å²) in [4.78, 5) is 0. The van der Waals surface area contributed by atoms with Gasteiger partial charge in [-0.1, -0.05) is 0 Å². The first kappa shape index (κ1) is 13.9. The van der Waals surface area contributed by atoms with E-state index in [1.165, 1.54) is 22.9 Å². The third kappa shape index (κ3) is 2.87. The van der Waals surface area contributed by atoms with Crippen LogP contribution < -0.4 is 5.73 Å². The normalized spacial score (nSPS) is 20.7. The number of sulfone groups is 1. The number of nitrogens with two attached hydrogens (primary N) is 1. The van der Waals surface area contributed by atoms with Gasteiger partial charge >= 0.3 is 0 Å². The lowest BCUT2D eigenvalue weighted by Crippen LogP contribution is -2.15. The molecule has 1 aliphatic rings. The molecule has 1 aliphatic heterocycles. The van der Waals surface area contributed by atoms with Gasteiger partial charge < -0.3 is 5.73 Å². The van der Waals surface area contributed by atoms with Crippen molar-refractivity contribution in [3.8, 4) is 11.4 Å². The molecule has 21 heavy (non-hydrogen) atoms. The van der Waals surface area contributed by atoms with Crippen LogP contribution in [0.15, 0.2) is 18.2 Å². The number of halogens is 1. The van der Waals surface area contributed by atoms with Gasteiger partial charge in [-0.3, -0.25) is 0 Å². The summed E-state index contributed by atoms with van der Waals surface area (Å²) in [6.07, 6.45) is 0.570. The largest absolute Gasteiger partial charge is 0.399 e. The van der Waals surface area contributed by atoms with Crippen molar-refractivity contribution in [1.82, 2.24) is 20.2 Å². The van der Waals surface area contributed by atoms with Gasteiger partial charge in [-0.15, -0.1) is 5.10 Å². The molecule has 1 atom stereocenters. The van der Waals surface area contributed by atoms with Gasteiger partial charge in [0.05, 0.1) is 17.1 Å². The summed E-state index contributed by atoms with van der Waals surface area (Å²) in [5, 5.41) is 11.2. The molecule has 0 saturated carbocycles. The molecule has 0 amide bonds. The average molecular weight is 311 g/mol. The Hall–Kier alpha value is -2.03. The topological polar surface area (TPSA) is 104 Å². The quantitative estimate of drug-likeness (QED) is 0.828. The summed E-state index contributed by atoms with van der Waals surface area (Å²) >= 11 is 0. The van der Waals surface area contributed by atoms with E-state index in [-0.39, 0.29) is 28.8 Å². The summed E-state index contributed by atoms with van der Waals surface area (Å²) in [6.45, 7) is 0.343. The molecular formula is C12H14FN5O2S. The zero-order chi connectivity index (χ0) is 15.0. The van der Waals surface area contributed by atoms with Crippen LogP contribution >= 0.6 is 0 Å². The number of nitrogens with zero attached hydrogens (tertiary/aromatic N) is 4. The number of benzene rings is 1. The van der Waals surface area contributed by atoms with E-state index in [4.69, 9.17) is 5.73 Å². The molecule has 0 aliphatic carbocycles. The van der Waals surface area contributed by atoms with Gasteiger partial charge in [0.15, 0.2) is 15.7 Å². The second kappa shape index (κ2) is 5.06. The van der Waals surface area contributed by atoms with Crippen LogP contribution in [0.5, 0.6) is 0 Å². The Bertz CT molecular complexity index is 774. The lowest BCUT2D eigenvalue weighted by atomic mass is 10.1. The number of hydrogen-bond donors (Lipinski definition) is 1. The fraction of sp³-hybridized carbons (Fsp3) is 0.417. The summed E-state index contributed by atoms with van der Waals surface area (Å²) < 4.78 is 38.3. The van der Waals surface area contributed by atoms with Crippen molar-refractivity contribution in [1.29, 1.82) is 0 Å². The number of tetrazole rings is 1. The highest BCUT2D eigenvalue weighted by molar-refractivity contribution is 7.91. The fourth-order valence-corrected chi connectivity index (χ4v) is 4.34. The van der Waals surface area contributed by atoms with Crippen LogP contribution in [0.25, 0.3) is 11.4 Å². The van der Waals surface area contributed by atoms with Gasteiger partial charge in [0.2, 0.25) is 0 Å². The van der Waals surface area contributed by atoms with Gasteiger partial charge in [-0.25, -0.2) is 17.5 Å². The van der Waals surface area contributed by atoms with E-state index in [0.29, 0.717) is 18.7 Å². The lowest BCUT2D eigenvalue weighted by Gasteiger charge is -2.10. The molecule has 7 nitrogen and oxygen atoms in total. The second-order valence-corrected chi connectivity index (χ2v) is 7.42. The third-order valence-corrected chi connectivity index (χ3v) is 5.36. The van der Waals surface area contributed by atoms with E-state index in [9.17, 15) is 12.8 Å². The maximum absolute atomic E-state index is 13.9. The molecule has 2 aromatic rings. The summed E-state index contributed by atoms with van der Waals surface area (Å²) in [5.41, 5.74) is 6.27. The molecule has 112 valence electrons. The monoisotopic (exact) mass is 311 g/mol. The molecule has 0 bridgehead atoms. The van der Waals surface area contributed by atoms with E-state index >= 15 is 0 Å². The second-order valence-electron chi connectivity index (χ2n) is 5.19. The lowest BCUT2D eigenvalue weighted by molar-refractivity contribution is 0.451. The number of hydrogen-bond acceptors (Lipinski definition) is 6. The molecule has 2 heterocycles. The van der Waals surface area contributed by atoms with Crippen molar-refractivity contribution in [3.63, 3.8) is 0 Å². The Labute approximate surface area is 120 Å². The number of anilines is 1. The minimum absolute atomic E-state index is 0.0543. The number of nitrogen functional groups attached to an aromatic ring is 1. The van der Waals surface area contributed by atoms with E-state index < -0.39 is 15.7 Å². The van der Waals surface area contributed by atoms with Crippen LogP contribution in [-0.2, 0) is 16.4 Å². The molecule has 1 aromatic carbocycles. The van der Waals surface area contributed by atoms with Gasteiger partial charge in [0.25, 0.3) is 0 Å². The Morgan fingerprint density at radius 3 is 2.95 bits per heavy atom. The van der Waals surface area contributed by atoms with Crippen molar-refractivity contribution in [3.05, 3.63) is 24.0 Å². The average Bonchev–Trinajstić information content (AvgIpc) is 2.99. The van der Waals surface area contributed by atoms with E-state index in [0.717, 1.165) is 0 Å². The zero-order valence-corrected chi connectivity index (χ0v) is 11.9. The van der Waals surface area contributed by atoms with Crippen LogP contribution in [0.2, 0.25) is 0 Å². The predicted octanol–water partition coefficient (Wildman–Crippen LogP) is 0.496. The molecule has 0 radical (unpaired) electrons. The van der Waals surface area contributed by atoms with Gasteiger partial charge in [-0.05, 0) is 41.0 Å². The first-order chi connectivity index (χ1) is 9.94. The maximum atomic E-state index is 13.9. The van der Waals surface area contributed by atoms with Crippen molar-refractivity contribution in [2.45, 2.75) is 13.0 Å². The minimum atomic E-state index is -2.97. The first-order valence-corrected chi connectivity index (χ1v) is 8.29. The minimum Gasteiger partial charge on any atom is -0.399 e. The van der Waals surface area contributed by atoms with Gasteiger partial charge in [-0.2, -0.15) is 0 Å². The van der Waals surface area contributed by atoms with E-state index in [2.05, 4.69) is 15.5 Å². The van der Waals surface area contributed by atoms with Gasteiger partial charge in [0.1, 0.15) is 5.82 Å². The van der Waals surface area contributed by atoms with Crippen LogP contribution in [0.3, 0.4) is 0 Å².